The fraction of sp³-hybridized carbons (Fsp3) is 0.385. The van der Waals surface area contributed by atoms with Crippen molar-refractivity contribution in [3.8, 4) is 5.75 Å². The van der Waals surface area contributed by atoms with Gasteiger partial charge in [0.05, 0.1) is 24.5 Å². The third-order valence-corrected chi connectivity index (χ3v) is 6.48. The van der Waals surface area contributed by atoms with Crippen LogP contribution in [0.25, 0.3) is 10.8 Å². The maximum atomic E-state index is 10.9. The average molecular weight is 458 g/mol. The Kier molecular flexibility index (Phi) is 9.69. The molecule has 0 fully saturated rings. The highest BCUT2D eigenvalue weighted by atomic mass is 32.2. The molecule has 32 heavy (non-hydrogen) atoms. The summed E-state index contributed by atoms with van der Waals surface area (Å²) in [6, 6.07) is 19.6. The highest BCUT2D eigenvalue weighted by Gasteiger charge is 2.24. The number of aromatic hydroxyl groups is 1. The largest absolute Gasteiger partial charge is 0.744 e. The number of nitrogens with zero attached hydrogens (tertiary/aromatic N) is 1. The minimum Gasteiger partial charge on any atom is -0.744 e. The summed E-state index contributed by atoms with van der Waals surface area (Å²) in [4.78, 5) is -0.309. The summed E-state index contributed by atoms with van der Waals surface area (Å²) in [6.45, 7) is 12.1. The summed E-state index contributed by atoms with van der Waals surface area (Å²) in [6.07, 6.45) is 3.85. The number of phenolic OH excluding ortho intramolecular Hbond substituents is 1. The van der Waals surface area contributed by atoms with Crippen molar-refractivity contribution in [2.75, 3.05) is 19.6 Å². The molecule has 3 aromatic rings. The monoisotopic (exact) mass is 457 g/mol. The Balaban J connectivity index is 0.000000228. The van der Waals surface area contributed by atoms with Crippen LogP contribution in [0.1, 0.15) is 45.6 Å². The van der Waals surface area contributed by atoms with Crippen molar-refractivity contribution < 1.29 is 22.6 Å². The van der Waals surface area contributed by atoms with Crippen molar-refractivity contribution in [2.45, 2.75) is 51.5 Å². The lowest BCUT2D eigenvalue weighted by Gasteiger charge is -2.38. The van der Waals surface area contributed by atoms with Crippen LogP contribution in [0.5, 0.6) is 5.75 Å². The summed E-state index contributed by atoms with van der Waals surface area (Å²) < 4.78 is 34.0. The lowest BCUT2D eigenvalue weighted by atomic mass is 10.1. The second kappa shape index (κ2) is 12.0. The van der Waals surface area contributed by atoms with Gasteiger partial charge in [-0.25, -0.2) is 8.42 Å². The molecule has 0 bridgehead atoms. The summed E-state index contributed by atoms with van der Waals surface area (Å²) >= 11 is 0. The van der Waals surface area contributed by atoms with E-state index in [9.17, 15) is 18.1 Å². The SMILES string of the molecule is CCC[N+](CCC)(CCC)Cc1ccccc1.O=S(=O)([O-])c1ccc(O)c2ccccc12. The van der Waals surface area contributed by atoms with Gasteiger partial charge >= 0.3 is 0 Å². The third-order valence-electron chi connectivity index (χ3n) is 5.59. The van der Waals surface area contributed by atoms with Crippen molar-refractivity contribution in [3.63, 3.8) is 0 Å². The smallest absolute Gasteiger partial charge is 0.125 e. The van der Waals surface area contributed by atoms with Crippen molar-refractivity contribution in [1.82, 2.24) is 0 Å². The molecule has 6 heteroatoms. The van der Waals surface area contributed by atoms with E-state index in [0.717, 1.165) is 6.07 Å². The van der Waals surface area contributed by atoms with E-state index < -0.39 is 10.1 Å². The molecule has 0 radical (unpaired) electrons. The van der Waals surface area contributed by atoms with Crippen LogP contribution in [0.2, 0.25) is 0 Å². The van der Waals surface area contributed by atoms with Crippen LogP contribution in [-0.4, -0.2) is 42.2 Å². The molecule has 0 atom stereocenters. The Bertz CT molecular complexity index is 1060. The van der Waals surface area contributed by atoms with E-state index in [4.69, 9.17) is 0 Å². The van der Waals surface area contributed by atoms with E-state index in [0.29, 0.717) is 5.39 Å². The summed E-state index contributed by atoms with van der Waals surface area (Å²) in [5.41, 5.74) is 1.49. The predicted octanol–water partition coefficient (Wildman–Crippen LogP) is 5.68. The van der Waals surface area contributed by atoms with Gasteiger partial charge < -0.3 is 14.1 Å². The predicted molar refractivity (Wildman–Crippen MR) is 129 cm³/mol. The van der Waals surface area contributed by atoms with Gasteiger partial charge in [-0.2, -0.15) is 0 Å². The topological polar surface area (TPSA) is 77.4 Å². The molecule has 0 spiro atoms. The van der Waals surface area contributed by atoms with Crippen LogP contribution >= 0.6 is 0 Å². The Morgan fingerprint density at radius 1 is 0.750 bits per heavy atom. The van der Waals surface area contributed by atoms with E-state index in [1.807, 2.05) is 0 Å². The standard InChI is InChI=1S/C16H28N.C10H8O4S/c1-4-12-17(13-5-2,14-6-3)15-16-10-8-7-9-11-16;11-9-5-6-10(15(12,13)14)8-4-2-1-3-7(8)9/h7-11H,4-6,12-15H2,1-3H3;1-6,11H,(H,12,13,14)/q+1;/p-1. The van der Waals surface area contributed by atoms with Gasteiger partial charge in [0.1, 0.15) is 22.4 Å². The Hall–Kier alpha value is -2.41. The second-order valence-corrected chi connectivity index (χ2v) is 9.59. The molecular formula is C26H35NO4S. The highest BCUT2D eigenvalue weighted by molar-refractivity contribution is 7.86. The molecule has 3 aromatic carbocycles. The second-order valence-electron chi connectivity index (χ2n) is 8.24. The van der Waals surface area contributed by atoms with Gasteiger partial charge in [0.2, 0.25) is 0 Å². The molecule has 0 aromatic heterocycles. The minimum absolute atomic E-state index is 0.0435. The normalized spacial score (nSPS) is 11.8. The summed E-state index contributed by atoms with van der Waals surface area (Å²) in [5.74, 6) is -0.0435. The molecule has 0 saturated heterocycles. The summed E-state index contributed by atoms with van der Waals surface area (Å²) in [5, 5.41) is 10.1. The molecule has 1 N–H and O–H groups in total. The van der Waals surface area contributed by atoms with Gasteiger partial charge in [-0.3, -0.25) is 0 Å². The molecule has 0 aliphatic heterocycles. The minimum atomic E-state index is -4.51. The summed E-state index contributed by atoms with van der Waals surface area (Å²) in [7, 11) is -4.51. The molecule has 0 aliphatic carbocycles. The number of quaternary nitrogens is 1. The first kappa shape index (κ1) is 25.8. The van der Waals surface area contributed by atoms with E-state index in [1.54, 1.807) is 18.2 Å². The van der Waals surface area contributed by atoms with Crippen molar-refractivity contribution in [1.29, 1.82) is 0 Å². The number of hydrogen-bond donors (Lipinski definition) is 1. The van der Waals surface area contributed by atoms with Crippen LogP contribution in [0.15, 0.2) is 71.6 Å². The van der Waals surface area contributed by atoms with Gasteiger partial charge in [0.25, 0.3) is 0 Å². The lowest BCUT2D eigenvalue weighted by Crippen LogP contribution is -2.48. The van der Waals surface area contributed by atoms with Crippen LogP contribution in [0.4, 0.5) is 0 Å². The van der Waals surface area contributed by atoms with Crippen LogP contribution in [0.3, 0.4) is 0 Å². The number of fused-ring (bicyclic) bond motifs is 1. The quantitative estimate of drug-likeness (QED) is 0.331. The fourth-order valence-corrected chi connectivity index (χ4v) is 5.12. The Labute approximate surface area is 192 Å². The molecule has 174 valence electrons. The molecular weight excluding hydrogens is 422 g/mol. The zero-order valence-corrected chi connectivity index (χ0v) is 20.1. The van der Waals surface area contributed by atoms with E-state index >= 15 is 0 Å². The zero-order valence-electron chi connectivity index (χ0n) is 19.3. The van der Waals surface area contributed by atoms with Crippen molar-refractivity contribution in [3.05, 3.63) is 72.3 Å². The van der Waals surface area contributed by atoms with Crippen molar-refractivity contribution in [2.24, 2.45) is 0 Å². The van der Waals surface area contributed by atoms with Gasteiger partial charge in [-0.1, -0.05) is 75.4 Å². The molecule has 5 nitrogen and oxygen atoms in total. The van der Waals surface area contributed by atoms with Gasteiger partial charge in [-0.15, -0.1) is 0 Å². The average Bonchev–Trinajstić information content (AvgIpc) is 2.75. The van der Waals surface area contributed by atoms with Gasteiger partial charge in [0, 0.05) is 16.3 Å². The highest BCUT2D eigenvalue weighted by Crippen LogP contribution is 2.29. The number of benzene rings is 3. The third kappa shape index (κ3) is 7.05. The van der Waals surface area contributed by atoms with Gasteiger partial charge in [0.15, 0.2) is 0 Å². The Morgan fingerprint density at radius 3 is 1.75 bits per heavy atom. The van der Waals surface area contributed by atoms with Crippen LogP contribution in [0, 0.1) is 0 Å². The first-order valence-electron chi connectivity index (χ1n) is 11.3. The lowest BCUT2D eigenvalue weighted by molar-refractivity contribution is -0.941. The number of phenols is 1. The zero-order chi connectivity index (χ0) is 23.6. The molecule has 0 saturated carbocycles. The molecule has 0 unspecified atom stereocenters. The molecule has 3 rings (SSSR count). The fourth-order valence-electron chi connectivity index (χ4n) is 4.44. The number of rotatable bonds is 9. The maximum absolute atomic E-state index is 10.9. The molecule has 0 amide bonds. The van der Waals surface area contributed by atoms with E-state index in [-0.39, 0.29) is 16.0 Å². The van der Waals surface area contributed by atoms with Crippen LogP contribution in [-0.2, 0) is 16.7 Å². The molecule has 0 heterocycles. The van der Waals surface area contributed by atoms with Gasteiger partial charge in [-0.05, 0) is 31.4 Å². The first-order valence-corrected chi connectivity index (χ1v) is 12.7. The van der Waals surface area contributed by atoms with E-state index in [2.05, 4.69) is 51.1 Å². The maximum Gasteiger partial charge on any atom is 0.125 e. The Morgan fingerprint density at radius 2 is 1.25 bits per heavy atom. The first-order chi connectivity index (χ1) is 15.3. The van der Waals surface area contributed by atoms with E-state index in [1.165, 1.54) is 67.6 Å². The van der Waals surface area contributed by atoms with Crippen molar-refractivity contribution >= 4 is 20.9 Å². The molecule has 0 aliphatic rings. The van der Waals surface area contributed by atoms with Crippen LogP contribution < -0.4 is 0 Å². The number of hydrogen-bond acceptors (Lipinski definition) is 4.